The van der Waals surface area contributed by atoms with E-state index in [1.165, 1.54) is 23.1 Å². The largest absolute Gasteiger partial charge is 0.482 e. The van der Waals surface area contributed by atoms with Gasteiger partial charge >= 0.3 is 6.18 Å². The molecule has 1 aliphatic rings. The highest BCUT2D eigenvalue weighted by Gasteiger charge is 2.34. The van der Waals surface area contributed by atoms with Crippen LogP contribution in [0.5, 0.6) is 5.75 Å². The standard InChI is InChI=1S/C18H15F3N2O3/c1-11-6-7-15-14(8-11)23(17(25)10-26-15)9-16(24)22-13-5-3-2-4-12(13)18(19,20)21/h2-8H,9-10H2,1H3,(H,22,24). The Hall–Kier alpha value is -3.03. The maximum absolute atomic E-state index is 13.0. The third kappa shape index (κ3) is 3.63. The number of halogens is 3. The van der Waals surface area contributed by atoms with E-state index in [1.807, 2.05) is 6.92 Å². The van der Waals surface area contributed by atoms with E-state index >= 15 is 0 Å². The number of hydrogen-bond acceptors (Lipinski definition) is 3. The number of fused-ring (bicyclic) bond motifs is 1. The monoisotopic (exact) mass is 364 g/mol. The fourth-order valence-corrected chi connectivity index (χ4v) is 2.66. The molecular formula is C18H15F3N2O3. The van der Waals surface area contributed by atoms with Gasteiger partial charge in [-0.15, -0.1) is 0 Å². The number of anilines is 2. The average molecular weight is 364 g/mol. The topological polar surface area (TPSA) is 58.6 Å². The minimum absolute atomic E-state index is 0.234. The molecule has 2 aromatic rings. The van der Waals surface area contributed by atoms with E-state index in [2.05, 4.69) is 5.32 Å². The molecule has 0 saturated carbocycles. The Balaban J connectivity index is 1.82. The minimum atomic E-state index is -4.59. The van der Waals surface area contributed by atoms with Gasteiger partial charge in [0.2, 0.25) is 5.91 Å². The van der Waals surface area contributed by atoms with Gasteiger partial charge in [-0.3, -0.25) is 14.5 Å². The van der Waals surface area contributed by atoms with E-state index in [9.17, 15) is 22.8 Å². The maximum atomic E-state index is 13.0. The Bertz CT molecular complexity index is 865. The van der Waals surface area contributed by atoms with Crippen LogP contribution in [0.3, 0.4) is 0 Å². The number of carbonyl (C=O) groups excluding carboxylic acids is 2. The molecule has 1 heterocycles. The maximum Gasteiger partial charge on any atom is 0.418 e. The summed E-state index contributed by atoms with van der Waals surface area (Å²) in [5, 5.41) is 2.24. The van der Waals surface area contributed by atoms with Crippen LogP contribution in [0.4, 0.5) is 24.5 Å². The Morgan fingerprint density at radius 1 is 1.23 bits per heavy atom. The van der Waals surface area contributed by atoms with Crippen LogP contribution in [0.25, 0.3) is 0 Å². The molecule has 1 N–H and O–H groups in total. The van der Waals surface area contributed by atoms with Crippen LogP contribution < -0.4 is 15.0 Å². The van der Waals surface area contributed by atoms with Gasteiger partial charge in [-0.25, -0.2) is 0 Å². The lowest BCUT2D eigenvalue weighted by molar-refractivity contribution is -0.137. The molecule has 0 radical (unpaired) electrons. The lowest BCUT2D eigenvalue weighted by Crippen LogP contribution is -2.43. The molecule has 0 atom stereocenters. The molecule has 2 amide bonds. The third-order valence-corrected chi connectivity index (χ3v) is 3.87. The van der Waals surface area contributed by atoms with Gasteiger partial charge < -0.3 is 10.1 Å². The quantitative estimate of drug-likeness (QED) is 0.908. The first-order valence-corrected chi connectivity index (χ1v) is 7.75. The number of carbonyl (C=O) groups is 2. The zero-order valence-electron chi connectivity index (χ0n) is 13.8. The predicted molar refractivity (Wildman–Crippen MR) is 89.1 cm³/mol. The molecule has 0 spiro atoms. The van der Waals surface area contributed by atoms with E-state index in [-0.39, 0.29) is 12.3 Å². The zero-order chi connectivity index (χ0) is 18.9. The number of hydrogen-bond donors (Lipinski definition) is 1. The van der Waals surface area contributed by atoms with Crippen molar-refractivity contribution in [1.29, 1.82) is 0 Å². The Morgan fingerprint density at radius 2 is 1.96 bits per heavy atom. The summed E-state index contributed by atoms with van der Waals surface area (Å²) in [5.41, 5.74) is -0.0246. The first-order chi connectivity index (χ1) is 12.3. The van der Waals surface area contributed by atoms with Gasteiger partial charge in [0.1, 0.15) is 12.3 Å². The number of nitrogens with zero attached hydrogens (tertiary/aromatic N) is 1. The second-order valence-electron chi connectivity index (χ2n) is 5.83. The molecule has 0 unspecified atom stereocenters. The fourth-order valence-electron chi connectivity index (χ4n) is 2.66. The molecule has 1 aliphatic heterocycles. The van der Waals surface area contributed by atoms with Crippen molar-refractivity contribution in [3.63, 3.8) is 0 Å². The SMILES string of the molecule is Cc1ccc2c(c1)N(CC(=O)Nc1ccccc1C(F)(F)F)C(=O)CO2. The molecule has 0 bridgehead atoms. The van der Waals surface area contributed by atoms with E-state index in [0.29, 0.717) is 11.4 Å². The summed E-state index contributed by atoms with van der Waals surface area (Å²) < 4.78 is 44.4. The van der Waals surface area contributed by atoms with Gasteiger partial charge in [-0.2, -0.15) is 13.2 Å². The van der Waals surface area contributed by atoms with Gasteiger partial charge in [-0.1, -0.05) is 18.2 Å². The highest BCUT2D eigenvalue weighted by molar-refractivity contribution is 6.05. The number of alkyl halides is 3. The molecule has 0 aromatic heterocycles. The van der Waals surface area contributed by atoms with Crippen LogP contribution >= 0.6 is 0 Å². The Labute approximate surface area is 147 Å². The minimum Gasteiger partial charge on any atom is -0.482 e. The van der Waals surface area contributed by atoms with Crippen molar-refractivity contribution in [3.8, 4) is 5.75 Å². The third-order valence-electron chi connectivity index (χ3n) is 3.87. The molecule has 0 saturated heterocycles. The van der Waals surface area contributed by atoms with E-state index in [1.54, 1.807) is 18.2 Å². The van der Waals surface area contributed by atoms with Crippen LogP contribution in [0.2, 0.25) is 0 Å². The van der Waals surface area contributed by atoms with Crippen LogP contribution in [-0.2, 0) is 15.8 Å². The molecule has 3 rings (SSSR count). The molecule has 2 aromatic carbocycles. The summed E-state index contributed by atoms with van der Waals surface area (Å²) in [6.45, 7) is 1.17. The summed E-state index contributed by atoms with van der Waals surface area (Å²) in [5.74, 6) is -0.731. The lowest BCUT2D eigenvalue weighted by Gasteiger charge is -2.29. The number of aryl methyl sites for hydroxylation is 1. The first-order valence-electron chi connectivity index (χ1n) is 7.75. The second kappa shape index (κ2) is 6.70. The van der Waals surface area contributed by atoms with Crippen molar-refractivity contribution in [3.05, 3.63) is 53.6 Å². The molecule has 0 fully saturated rings. The van der Waals surface area contributed by atoms with Crippen LogP contribution in [-0.4, -0.2) is 25.0 Å². The molecular weight excluding hydrogens is 349 g/mol. The summed E-state index contributed by atoms with van der Waals surface area (Å²) in [7, 11) is 0. The van der Waals surface area contributed by atoms with Crippen LogP contribution in [0.15, 0.2) is 42.5 Å². The van der Waals surface area contributed by atoms with E-state index in [4.69, 9.17) is 4.74 Å². The van der Waals surface area contributed by atoms with Gasteiger partial charge in [0.25, 0.3) is 5.91 Å². The van der Waals surface area contributed by atoms with Gasteiger partial charge in [0, 0.05) is 0 Å². The van der Waals surface area contributed by atoms with Crippen molar-refractivity contribution in [1.82, 2.24) is 0 Å². The van der Waals surface area contributed by atoms with Crippen molar-refractivity contribution in [2.45, 2.75) is 13.1 Å². The van der Waals surface area contributed by atoms with E-state index in [0.717, 1.165) is 11.6 Å². The normalized spacial score (nSPS) is 13.8. The van der Waals surface area contributed by atoms with Gasteiger partial charge in [0.15, 0.2) is 6.61 Å². The smallest absolute Gasteiger partial charge is 0.418 e. The summed E-state index contributed by atoms with van der Waals surface area (Å²) in [4.78, 5) is 25.6. The fraction of sp³-hybridized carbons (Fsp3) is 0.222. The van der Waals surface area contributed by atoms with Gasteiger partial charge in [-0.05, 0) is 36.8 Å². The first kappa shape index (κ1) is 17.8. The lowest BCUT2D eigenvalue weighted by atomic mass is 10.1. The molecule has 8 heteroatoms. The summed E-state index contributed by atoms with van der Waals surface area (Å²) in [6, 6.07) is 9.84. The zero-order valence-corrected chi connectivity index (χ0v) is 13.8. The number of ether oxygens (including phenoxy) is 1. The molecule has 26 heavy (non-hydrogen) atoms. The summed E-state index contributed by atoms with van der Waals surface area (Å²) in [6.07, 6.45) is -4.59. The van der Waals surface area contributed by atoms with Crippen LogP contribution in [0.1, 0.15) is 11.1 Å². The van der Waals surface area contributed by atoms with Gasteiger partial charge in [0.05, 0.1) is 16.9 Å². The number of amides is 2. The summed E-state index contributed by atoms with van der Waals surface area (Å²) >= 11 is 0. The van der Waals surface area contributed by atoms with Crippen molar-refractivity contribution in [2.75, 3.05) is 23.4 Å². The van der Waals surface area contributed by atoms with Crippen LogP contribution in [0, 0.1) is 6.92 Å². The highest BCUT2D eigenvalue weighted by atomic mass is 19.4. The molecule has 5 nitrogen and oxygen atoms in total. The number of rotatable bonds is 3. The molecule has 0 aliphatic carbocycles. The predicted octanol–water partition coefficient (Wildman–Crippen LogP) is 3.38. The highest BCUT2D eigenvalue weighted by Crippen LogP contribution is 2.35. The van der Waals surface area contributed by atoms with Crippen molar-refractivity contribution < 1.29 is 27.5 Å². The van der Waals surface area contributed by atoms with Crippen molar-refractivity contribution >= 4 is 23.2 Å². The number of para-hydroxylation sites is 1. The Morgan fingerprint density at radius 3 is 2.69 bits per heavy atom. The number of nitrogens with one attached hydrogen (secondary N) is 1. The Kier molecular flexibility index (Phi) is 4.58. The number of benzene rings is 2. The second-order valence-corrected chi connectivity index (χ2v) is 5.83. The van der Waals surface area contributed by atoms with E-state index < -0.39 is 30.1 Å². The average Bonchev–Trinajstić information content (AvgIpc) is 2.57. The van der Waals surface area contributed by atoms with Crippen molar-refractivity contribution in [2.24, 2.45) is 0 Å². The molecule has 136 valence electrons.